The number of ether oxygens (including phenoxy) is 7. The second kappa shape index (κ2) is 17.2. The highest BCUT2D eigenvalue weighted by Crippen LogP contribution is 2.35. The second-order valence-corrected chi connectivity index (χ2v) is 12.9. The SMILES string of the molecule is C[C@@H]1O[C@@H](O[C@@H]2[C@@H](O)[C@H](OCCc3ccc(O)c(O)c3)O[C@H](CO)[C@H]2OC(=O)C=Cc2ccc(O)c(O)c2)[C@H](O)[C@H](O[C@@H]2OC[C@](O)(CO)[C@H]2O)[C@H]1O. The molecule has 0 amide bonds. The zero-order valence-corrected chi connectivity index (χ0v) is 28.3. The zero-order valence-electron chi connectivity index (χ0n) is 28.3. The number of rotatable bonds is 13. The van der Waals surface area contributed by atoms with Gasteiger partial charge in [0.25, 0.3) is 0 Å². The van der Waals surface area contributed by atoms with Crippen LogP contribution >= 0.6 is 0 Å². The molecule has 5 rings (SSSR count). The van der Waals surface area contributed by atoms with E-state index >= 15 is 0 Å². The average Bonchev–Trinajstić information content (AvgIpc) is 3.42. The molecule has 2 aromatic rings. The van der Waals surface area contributed by atoms with Crippen LogP contribution in [0.5, 0.6) is 23.0 Å². The zero-order chi connectivity index (χ0) is 38.6. The lowest BCUT2D eigenvalue weighted by Gasteiger charge is -2.47. The van der Waals surface area contributed by atoms with Crippen molar-refractivity contribution < 1.29 is 94.1 Å². The van der Waals surface area contributed by atoms with Gasteiger partial charge in [0.05, 0.1) is 32.5 Å². The minimum Gasteiger partial charge on any atom is -0.504 e. The van der Waals surface area contributed by atoms with E-state index < -0.39 is 111 Å². The highest BCUT2D eigenvalue weighted by Gasteiger charge is 2.55. The van der Waals surface area contributed by atoms with E-state index in [-0.39, 0.29) is 30.3 Å². The molecule has 0 saturated carbocycles. The number of aromatic hydroxyl groups is 4. The number of esters is 1. The van der Waals surface area contributed by atoms with Gasteiger partial charge in [-0.3, -0.25) is 0 Å². The average molecular weight is 757 g/mol. The quantitative estimate of drug-likeness (QED) is 0.0569. The Bertz CT molecular complexity index is 1570. The topological polar surface area (TPSA) is 304 Å². The first kappa shape index (κ1) is 40.5. The third kappa shape index (κ3) is 9.18. The maximum absolute atomic E-state index is 13.0. The van der Waals surface area contributed by atoms with Crippen molar-refractivity contribution in [2.24, 2.45) is 0 Å². The van der Waals surface area contributed by atoms with Gasteiger partial charge in [0.15, 0.2) is 48.0 Å². The molecule has 13 atom stereocenters. The molecule has 294 valence electrons. The van der Waals surface area contributed by atoms with Gasteiger partial charge in [0, 0.05) is 6.08 Å². The first-order chi connectivity index (χ1) is 25.1. The first-order valence-electron chi connectivity index (χ1n) is 16.6. The molecule has 19 nitrogen and oxygen atoms in total. The lowest BCUT2D eigenvalue weighted by atomic mass is 9.96. The van der Waals surface area contributed by atoms with E-state index in [1.165, 1.54) is 49.4 Å². The van der Waals surface area contributed by atoms with Gasteiger partial charge in [-0.1, -0.05) is 12.1 Å². The number of phenolic OH excluding ortho intramolecular Hbond substituents is 4. The molecule has 11 N–H and O–H groups in total. The Labute approximate surface area is 302 Å². The van der Waals surface area contributed by atoms with E-state index in [0.29, 0.717) is 11.1 Å². The summed E-state index contributed by atoms with van der Waals surface area (Å²) in [4.78, 5) is 13.0. The van der Waals surface area contributed by atoms with E-state index in [1.807, 2.05) is 0 Å². The Balaban J connectivity index is 1.36. The maximum atomic E-state index is 13.0. The van der Waals surface area contributed by atoms with Crippen molar-refractivity contribution in [1.29, 1.82) is 0 Å². The maximum Gasteiger partial charge on any atom is 0.331 e. The normalized spacial score (nSPS) is 36.2. The molecule has 0 unspecified atom stereocenters. The van der Waals surface area contributed by atoms with E-state index in [1.54, 1.807) is 0 Å². The number of phenols is 4. The molecule has 3 aliphatic rings. The van der Waals surface area contributed by atoms with Gasteiger partial charge in [-0.25, -0.2) is 4.79 Å². The summed E-state index contributed by atoms with van der Waals surface area (Å²) >= 11 is 0. The monoisotopic (exact) mass is 756 g/mol. The number of carbonyl (C=O) groups excluding carboxylic acids is 1. The highest BCUT2D eigenvalue weighted by atomic mass is 16.8. The summed E-state index contributed by atoms with van der Waals surface area (Å²) in [6, 6.07) is 7.86. The Morgan fingerprint density at radius 1 is 0.830 bits per heavy atom. The molecule has 0 radical (unpaired) electrons. The number of benzene rings is 2. The third-order valence-electron chi connectivity index (χ3n) is 9.11. The predicted octanol–water partition coefficient (Wildman–Crippen LogP) is -2.55. The molecule has 53 heavy (non-hydrogen) atoms. The van der Waals surface area contributed by atoms with Crippen LogP contribution in [0.2, 0.25) is 0 Å². The molecule has 3 saturated heterocycles. The molecule has 0 bridgehead atoms. The van der Waals surface area contributed by atoms with Crippen molar-refractivity contribution in [3.8, 4) is 23.0 Å². The van der Waals surface area contributed by atoms with Gasteiger partial charge in [-0.15, -0.1) is 0 Å². The molecule has 3 aliphatic heterocycles. The van der Waals surface area contributed by atoms with Crippen molar-refractivity contribution in [2.45, 2.75) is 92.8 Å². The van der Waals surface area contributed by atoms with Crippen molar-refractivity contribution in [3.05, 3.63) is 53.6 Å². The van der Waals surface area contributed by atoms with Crippen molar-refractivity contribution in [2.75, 3.05) is 26.4 Å². The summed E-state index contributed by atoms with van der Waals surface area (Å²) in [5, 5.41) is 113. The lowest BCUT2D eigenvalue weighted by Crippen LogP contribution is -2.65. The third-order valence-corrected chi connectivity index (χ3v) is 9.11. The smallest absolute Gasteiger partial charge is 0.331 e. The number of hydrogen-bond acceptors (Lipinski definition) is 19. The summed E-state index contributed by atoms with van der Waals surface area (Å²) in [5.41, 5.74) is -1.24. The fourth-order valence-corrected chi connectivity index (χ4v) is 5.96. The van der Waals surface area contributed by atoms with Crippen LogP contribution in [0.3, 0.4) is 0 Å². The summed E-state index contributed by atoms with van der Waals surface area (Å²) < 4.78 is 39.7. The van der Waals surface area contributed by atoms with Gasteiger partial charge >= 0.3 is 5.97 Å². The van der Waals surface area contributed by atoms with Crippen molar-refractivity contribution in [1.82, 2.24) is 0 Å². The van der Waals surface area contributed by atoms with Gasteiger partial charge < -0.3 is 89.3 Å². The Hall–Kier alpha value is -3.67. The summed E-state index contributed by atoms with van der Waals surface area (Å²) in [6.07, 6.45) is -17.0. The highest BCUT2D eigenvalue weighted by molar-refractivity contribution is 5.87. The van der Waals surface area contributed by atoms with E-state index in [0.717, 1.165) is 6.08 Å². The van der Waals surface area contributed by atoms with Gasteiger partial charge in [0.1, 0.15) is 48.3 Å². The molecule has 2 aromatic carbocycles. The van der Waals surface area contributed by atoms with Crippen LogP contribution in [0.25, 0.3) is 6.08 Å². The number of aliphatic hydroxyl groups excluding tert-OH is 6. The Kier molecular flexibility index (Phi) is 13.2. The molecular formula is C34H44O19. The fourth-order valence-electron chi connectivity index (χ4n) is 5.96. The Morgan fingerprint density at radius 2 is 1.49 bits per heavy atom. The summed E-state index contributed by atoms with van der Waals surface area (Å²) in [6.45, 7) is -0.940. The second-order valence-electron chi connectivity index (χ2n) is 12.9. The fraction of sp³-hybridized carbons (Fsp3) is 0.559. The molecule has 19 heteroatoms. The molecule has 3 fully saturated rings. The van der Waals surface area contributed by atoms with Crippen LogP contribution in [0.4, 0.5) is 0 Å². The standard InChI is InChI=1S/C34H44O19/c1-15-24(42)28(52-33-30(45)34(46,13-36)14-48-33)25(43)32(49-15)53-29-26(44)31(47-9-8-17-3-6-19(38)21(40)11-17)50-22(12-35)27(29)51-23(41)7-4-16-2-5-18(37)20(39)10-16/h2-7,10-11,15,22,24-33,35-40,42-46H,8-9,12-14H2,1H3/t15-,22+,24-,25+,26+,27+,28+,29+,30-,31+,32-,33-,34+/m0/s1. The minimum absolute atomic E-state index is 0.130. The first-order valence-corrected chi connectivity index (χ1v) is 16.6. The molecule has 0 aliphatic carbocycles. The van der Waals surface area contributed by atoms with Gasteiger partial charge in [0.2, 0.25) is 0 Å². The van der Waals surface area contributed by atoms with Crippen LogP contribution in [-0.4, -0.2) is 168 Å². The largest absolute Gasteiger partial charge is 0.504 e. The minimum atomic E-state index is -2.08. The van der Waals surface area contributed by atoms with E-state index in [2.05, 4.69) is 0 Å². The lowest BCUT2D eigenvalue weighted by molar-refractivity contribution is -0.366. The molecule has 0 aromatic heterocycles. The Morgan fingerprint density at radius 3 is 2.13 bits per heavy atom. The molecule has 0 spiro atoms. The van der Waals surface area contributed by atoms with Crippen molar-refractivity contribution >= 4 is 12.0 Å². The van der Waals surface area contributed by atoms with Crippen LogP contribution < -0.4 is 0 Å². The van der Waals surface area contributed by atoms with Crippen LogP contribution in [0, 0.1) is 0 Å². The molecular weight excluding hydrogens is 712 g/mol. The summed E-state index contributed by atoms with van der Waals surface area (Å²) in [5.74, 6) is -2.56. The number of hydrogen-bond donors (Lipinski definition) is 11. The van der Waals surface area contributed by atoms with Crippen LogP contribution in [0.1, 0.15) is 18.1 Å². The number of aliphatic hydroxyl groups is 7. The molecule has 3 heterocycles. The van der Waals surface area contributed by atoms with E-state index in [9.17, 15) is 61.0 Å². The van der Waals surface area contributed by atoms with Gasteiger partial charge in [-0.2, -0.15) is 0 Å². The predicted molar refractivity (Wildman–Crippen MR) is 174 cm³/mol. The van der Waals surface area contributed by atoms with Gasteiger partial charge in [-0.05, 0) is 54.8 Å². The van der Waals surface area contributed by atoms with E-state index in [4.69, 9.17) is 33.2 Å². The summed E-state index contributed by atoms with van der Waals surface area (Å²) in [7, 11) is 0. The van der Waals surface area contributed by atoms with Crippen LogP contribution in [-0.2, 0) is 44.4 Å². The van der Waals surface area contributed by atoms with Crippen molar-refractivity contribution in [3.63, 3.8) is 0 Å². The number of carbonyl (C=O) groups is 1. The van der Waals surface area contributed by atoms with Crippen LogP contribution in [0.15, 0.2) is 42.5 Å².